The molecule has 1 atom stereocenters. The van der Waals surface area contributed by atoms with Gasteiger partial charge in [0.05, 0.1) is 11.6 Å². The van der Waals surface area contributed by atoms with Gasteiger partial charge in [0.15, 0.2) is 0 Å². The second-order valence-corrected chi connectivity index (χ2v) is 4.64. The van der Waals surface area contributed by atoms with Crippen molar-refractivity contribution < 1.29 is 13.2 Å². The molecule has 0 aromatic heterocycles. The molecule has 3 rings (SSSR count). The minimum absolute atomic E-state index is 0.310. The van der Waals surface area contributed by atoms with E-state index in [-0.39, 0.29) is 6.04 Å². The van der Waals surface area contributed by atoms with E-state index in [4.69, 9.17) is 0 Å². The van der Waals surface area contributed by atoms with E-state index in [9.17, 15) is 13.2 Å². The average Bonchev–Trinajstić information content (AvgIpc) is 2.81. The van der Waals surface area contributed by atoms with E-state index >= 15 is 0 Å². The summed E-state index contributed by atoms with van der Waals surface area (Å²) >= 11 is 0. The fraction of sp³-hybridized carbons (Fsp3) is 0.200. The molecule has 1 heterocycles. The van der Waals surface area contributed by atoms with Crippen molar-refractivity contribution in [2.24, 2.45) is 0 Å². The molecule has 2 aromatic carbocycles. The summed E-state index contributed by atoms with van der Waals surface area (Å²) in [4.78, 5) is 0. The Balaban J connectivity index is 1.98. The van der Waals surface area contributed by atoms with Crippen LogP contribution in [0.15, 0.2) is 48.5 Å². The van der Waals surface area contributed by atoms with Crippen LogP contribution >= 0.6 is 0 Å². The summed E-state index contributed by atoms with van der Waals surface area (Å²) in [6.45, 7) is 0. The lowest BCUT2D eigenvalue weighted by Crippen LogP contribution is -2.15. The Hall–Kier alpha value is -1.97. The Kier molecular flexibility index (Phi) is 2.73. The fourth-order valence-electron chi connectivity index (χ4n) is 2.54. The number of fused-ring (bicyclic) bond motifs is 1. The summed E-state index contributed by atoms with van der Waals surface area (Å²) < 4.78 is 39.0. The third-order valence-electron chi connectivity index (χ3n) is 3.41. The standard InChI is InChI=1S/C15H12F3N/c16-15(17,18)12-7-3-2-6-11(12)14-9-10-5-1-4-8-13(10)19-14/h1-8,14,19H,9H2. The molecule has 98 valence electrons. The first-order chi connectivity index (χ1) is 9.05. The number of para-hydroxylation sites is 1. The van der Waals surface area contributed by atoms with Crippen molar-refractivity contribution in [2.75, 3.05) is 5.32 Å². The number of hydrogen-bond donors (Lipinski definition) is 1. The Bertz CT molecular complexity index is 579. The smallest absolute Gasteiger partial charge is 0.378 e. The van der Waals surface area contributed by atoms with Gasteiger partial charge in [-0.15, -0.1) is 0 Å². The van der Waals surface area contributed by atoms with Crippen LogP contribution in [-0.4, -0.2) is 0 Å². The summed E-state index contributed by atoms with van der Waals surface area (Å²) in [6, 6.07) is 13.1. The average molecular weight is 263 g/mol. The highest BCUT2D eigenvalue weighted by Crippen LogP contribution is 2.40. The van der Waals surface area contributed by atoms with Gasteiger partial charge in [0, 0.05) is 5.69 Å². The van der Waals surface area contributed by atoms with Crippen LogP contribution in [-0.2, 0) is 12.6 Å². The largest absolute Gasteiger partial charge is 0.416 e. The van der Waals surface area contributed by atoms with E-state index < -0.39 is 11.7 Å². The van der Waals surface area contributed by atoms with Crippen LogP contribution < -0.4 is 5.32 Å². The summed E-state index contributed by atoms with van der Waals surface area (Å²) in [5, 5.41) is 3.16. The van der Waals surface area contributed by atoms with Crippen molar-refractivity contribution in [2.45, 2.75) is 18.6 Å². The first kappa shape index (κ1) is 12.1. The molecule has 0 spiro atoms. The minimum atomic E-state index is -4.31. The summed E-state index contributed by atoms with van der Waals surface area (Å²) in [6.07, 6.45) is -3.73. The molecule has 1 unspecified atom stereocenters. The molecule has 0 amide bonds. The number of alkyl halides is 3. The number of rotatable bonds is 1. The first-order valence-electron chi connectivity index (χ1n) is 6.06. The summed E-state index contributed by atoms with van der Waals surface area (Å²) in [5.74, 6) is 0. The predicted molar refractivity (Wildman–Crippen MR) is 68.0 cm³/mol. The van der Waals surface area contributed by atoms with Crippen molar-refractivity contribution in [1.29, 1.82) is 0 Å². The molecule has 1 aliphatic rings. The third-order valence-corrected chi connectivity index (χ3v) is 3.41. The molecular weight excluding hydrogens is 251 g/mol. The highest BCUT2D eigenvalue weighted by atomic mass is 19.4. The number of anilines is 1. The zero-order chi connectivity index (χ0) is 13.5. The van der Waals surface area contributed by atoms with Crippen molar-refractivity contribution in [1.82, 2.24) is 0 Å². The van der Waals surface area contributed by atoms with E-state index in [0.717, 1.165) is 17.3 Å². The number of halogens is 3. The van der Waals surface area contributed by atoms with Crippen LogP contribution in [0.25, 0.3) is 0 Å². The Morgan fingerprint density at radius 3 is 2.37 bits per heavy atom. The molecule has 0 saturated heterocycles. The molecule has 0 aliphatic carbocycles. The molecule has 1 aliphatic heterocycles. The van der Waals surface area contributed by atoms with Crippen LogP contribution in [0.3, 0.4) is 0 Å². The van der Waals surface area contributed by atoms with Gasteiger partial charge < -0.3 is 5.32 Å². The van der Waals surface area contributed by atoms with Crippen molar-refractivity contribution in [3.05, 3.63) is 65.2 Å². The van der Waals surface area contributed by atoms with E-state index in [1.807, 2.05) is 24.3 Å². The van der Waals surface area contributed by atoms with Crippen molar-refractivity contribution in [3.8, 4) is 0 Å². The molecule has 0 radical (unpaired) electrons. The zero-order valence-electron chi connectivity index (χ0n) is 10.0. The highest BCUT2D eigenvalue weighted by molar-refractivity contribution is 5.58. The van der Waals surface area contributed by atoms with Crippen LogP contribution in [0.5, 0.6) is 0 Å². The molecule has 1 nitrogen and oxygen atoms in total. The Morgan fingerprint density at radius 2 is 1.63 bits per heavy atom. The van der Waals surface area contributed by atoms with Crippen LogP contribution in [0, 0.1) is 0 Å². The van der Waals surface area contributed by atoms with Gasteiger partial charge in [-0.2, -0.15) is 13.2 Å². The van der Waals surface area contributed by atoms with Gasteiger partial charge in [-0.1, -0.05) is 36.4 Å². The highest BCUT2D eigenvalue weighted by Gasteiger charge is 2.36. The number of benzene rings is 2. The predicted octanol–water partition coefficient (Wildman–Crippen LogP) is 4.41. The van der Waals surface area contributed by atoms with E-state index in [2.05, 4.69) is 5.32 Å². The van der Waals surface area contributed by atoms with Gasteiger partial charge in [0.2, 0.25) is 0 Å². The van der Waals surface area contributed by atoms with E-state index in [1.165, 1.54) is 6.07 Å². The van der Waals surface area contributed by atoms with Gasteiger partial charge in [0.1, 0.15) is 0 Å². The zero-order valence-corrected chi connectivity index (χ0v) is 10.0. The van der Waals surface area contributed by atoms with Gasteiger partial charge in [-0.25, -0.2) is 0 Å². The third kappa shape index (κ3) is 2.18. The first-order valence-corrected chi connectivity index (χ1v) is 6.06. The van der Waals surface area contributed by atoms with Crippen molar-refractivity contribution in [3.63, 3.8) is 0 Å². The monoisotopic (exact) mass is 263 g/mol. The van der Waals surface area contributed by atoms with E-state index in [0.29, 0.717) is 12.0 Å². The lowest BCUT2D eigenvalue weighted by molar-refractivity contribution is -0.138. The number of hydrogen-bond acceptors (Lipinski definition) is 1. The molecule has 0 saturated carbocycles. The molecular formula is C15H12F3N. The SMILES string of the molecule is FC(F)(F)c1ccccc1C1Cc2ccccc2N1. The second-order valence-electron chi connectivity index (χ2n) is 4.64. The lowest BCUT2D eigenvalue weighted by atomic mass is 9.97. The van der Waals surface area contributed by atoms with Crippen LogP contribution in [0.2, 0.25) is 0 Å². The topological polar surface area (TPSA) is 12.0 Å². The number of nitrogens with one attached hydrogen (secondary N) is 1. The van der Waals surface area contributed by atoms with Gasteiger partial charge in [0.25, 0.3) is 0 Å². The molecule has 1 N–H and O–H groups in total. The summed E-state index contributed by atoms with van der Waals surface area (Å²) in [5.41, 5.74) is 1.74. The molecule has 4 heteroatoms. The minimum Gasteiger partial charge on any atom is -0.378 e. The molecule has 0 fully saturated rings. The quantitative estimate of drug-likeness (QED) is 0.803. The lowest BCUT2D eigenvalue weighted by Gasteiger charge is -2.18. The maximum atomic E-state index is 13.0. The van der Waals surface area contributed by atoms with Gasteiger partial charge in [-0.05, 0) is 29.7 Å². The van der Waals surface area contributed by atoms with Gasteiger partial charge in [-0.3, -0.25) is 0 Å². The summed E-state index contributed by atoms with van der Waals surface area (Å²) in [7, 11) is 0. The van der Waals surface area contributed by atoms with Crippen LogP contribution in [0.1, 0.15) is 22.7 Å². The van der Waals surface area contributed by atoms with E-state index in [1.54, 1.807) is 12.1 Å². The maximum Gasteiger partial charge on any atom is 0.416 e. The fourth-order valence-corrected chi connectivity index (χ4v) is 2.54. The Morgan fingerprint density at radius 1 is 0.947 bits per heavy atom. The second kappa shape index (κ2) is 4.30. The van der Waals surface area contributed by atoms with Crippen LogP contribution in [0.4, 0.5) is 18.9 Å². The molecule has 19 heavy (non-hydrogen) atoms. The normalized spacial score (nSPS) is 17.9. The molecule has 2 aromatic rings. The van der Waals surface area contributed by atoms with Gasteiger partial charge >= 0.3 is 6.18 Å². The molecule has 0 bridgehead atoms. The van der Waals surface area contributed by atoms with Crippen molar-refractivity contribution >= 4 is 5.69 Å². The Labute approximate surface area is 109 Å². The maximum absolute atomic E-state index is 13.0.